The third kappa shape index (κ3) is 2.52. The van der Waals surface area contributed by atoms with Gasteiger partial charge >= 0.3 is 0 Å². The molecule has 80 valence electrons. The number of aliphatic hydroxyl groups is 1. The maximum Gasteiger partial charge on any atom is 0.150 e. The molecule has 1 atom stereocenters. The van der Waals surface area contributed by atoms with Crippen LogP contribution in [0.3, 0.4) is 0 Å². The first-order valence-electron chi connectivity index (χ1n) is 4.44. The molecule has 0 spiro atoms. The summed E-state index contributed by atoms with van der Waals surface area (Å²) in [5, 5.41) is 9.04. The molecule has 1 N–H and O–H groups in total. The van der Waals surface area contributed by atoms with Gasteiger partial charge in [0.25, 0.3) is 0 Å². The third-order valence-electron chi connectivity index (χ3n) is 2.15. The van der Waals surface area contributed by atoms with E-state index in [0.29, 0.717) is 23.0 Å². The van der Waals surface area contributed by atoms with Crippen LogP contribution in [0.5, 0.6) is 0 Å². The van der Waals surface area contributed by atoms with Crippen LogP contribution < -0.4 is 0 Å². The van der Waals surface area contributed by atoms with E-state index in [2.05, 4.69) is 15.9 Å². The van der Waals surface area contributed by atoms with Gasteiger partial charge in [0.05, 0.1) is 11.4 Å². The molecule has 4 heteroatoms. The van der Waals surface area contributed by atoms with Gasteiger partial charge in [-0.25, -0.2) is 0 Å². The van der Waals surface area contributed by atoms with Crippen molar-refractivity contribution in [3.05, 3.63) is 34.9 Å². The summed E-state index contributed by atoms with van der Waals surface area (Å²) in [6.45, 7) is 1.24. The first-order valence-corrected chi connectivity index (χ1v) is 5.35. The number of aldehydes is 1. The number of halogens is 1. The molecule has 1 aromatic rings. The Bertz CT molecular complexity index is 387. The molecule has 0 saturated carbocycles. The predicted octanol–water partition coefficient (Wildman–Crippen LogP) is 2.02. The molecule has 1 rings (SSSR count). The van der Waals surface area contributed by atoms with E-state index in [4.69, 9.17) is 5.11 Å². The van der Waals surface area contributed by atoms with Crippen molar-refractivity contribution < 1.29 is 14.7 Å². The normalized spacial score (nSPS) is 12.2. The quantitative estimate of drug-likeness (QED) is 0.673. The van der Waals surface area contributed by atoms with Crippen molar-refractivity contribution in [3.8, 4) is 0 Å². The highest BCUT2D eigenvalue weighted by atomic mass is 79.9. The molecule has 0 amide bonds. The fraction of sp³-hybridized carbons (Fsp3) is 0.273. The maximum atomic E-state index is 11.2. The highest BCUT2D eigenvalue weighted by molar-refractivity contribution is 9.09. The van der Waals surface area contributed by atoms with E-state index in [1.807, 2.05) is 0 Å². The number of ketones is 1. The second-order valence-corrected chi connectivity index (χ2v) is 4.08. The Kier molecular flexibility index (Phi) is 4.17. The van der Waals surface area contributed by atoms with Gasteiger partial charge in [0.2, 0.25) is 0 Å². The zero-order valence-corrected chi connectivity index (χ0v) is 9.82. The molecular weight excluding hydrogens is 260 g/mol. The molecule has 15 heavy (non-hydrogen) atoms. The summed E-state index contributed by atoms with van der Waals surface area (Å²) >= 11 is 3.22. The number of hydrogen-bond acceptors (Lipinski definition) is 3. The number of rotatable bonds is 4. The van der Waals surface area contributed by atoms with Crippen LogP contribution in [0.4, 0.5) is 0 Å². The summed E-state index contributed by atoms with van der Waals surface area (Å²) in [6, 6.07) is 5.07. The lowest BCUT2D eigenvalue weighted by atomic mass is 9.99. The lowest BCUT2D eigenvalue weighted by Crippen LogP contribution is -2.06. The van der Waals surface area contributed by atoms with Crippen molar-refractivity contribution in [2.24, 2.45) is 0 Å². The Morgan fingerprint density at radius 2 is 2.27 bits per heavy atom. The van der Waals surface area contributed by atoms with Crippen molar-refractivity contribution >= 4 is 28.0 Å². The topological polar surface area (TPSA) is 54.4 Å². The van der Waals surface area contributed by atoms with Gasteiger partial charge < -0.3 is 5.11 Å². The molecule has 1 unspecified atom stereocenters. The molecule has 0 aliphatic rings. The fourth-order valence-corrected chi connectivity index (χ4v) is 1.75. The fourth-order valence-electron chi connectivity index (χ4n) is 1.35. The largest absolute Gasteiger partial charge is 0.392 e. The SMILES string of the molecule is CC(=O)C(Br)c1cccc(CO)c1C=O. The Morgan fingerprint density at radius 3 is 2.73 bits per heavy atom. The van der Waals surface area contributed by atoms with Crippen LogP contribution in [0.15, 0.2) is 18.2 Å². The summed E-state index contributed by atoms with van der Waals surface area (Å²) in [7, 11) is 0. The molecule has 3 nitrogen and oxygen atoms in total. The average Bonchev–Trinajstić information content (AvgIpc) is 2.26. The van der Waals surface area contributed by atoms with E-state index in [9.17, 15) is 9.59 Å². The van der Waals surface area contributed by atoms with E-state index < -0.39 is 4.83 Å². The number of Topliss-reactive ketones (excluding diaryl/α,β-unsaturated/α-hetero) is 1. The van der Waals surface area contributed by atoms with Crippen molar-refractivity contribution in [2.45, 2.75) is 18.4 Å². The first kappa shape index (κ1) is 12.1. The standard InChI is InChI=1S/C11H11BrO3/c1-7(15)11(12)9-4-2-3-8(5-13)10(9)6-14/h2-4,6,11,13H,5H2,1H3. The summed E-state index contributed by atoms with van der Waals surface area (Å²) in [5.74, 6) is -0.0758. The second kappa shape index (κ2) is 5.19. The molecule has 0 aliphatic carbocycles. The summed E-state index contributed by atoms with van der Waals surface area (Å²) < 4.78 is 0. The molecular formula is C11H11BrO3. The minimum absolute atomic E-state index is 0.0758. The minimum atomic E-state index is -0.496. The highest BCUT2D eigenvalue weighted by Gasteiger charge is 2.17. The van der Waals surface area contributed by atoms with Crippen molar-refractivity contribution in [1.29, 1.82) is 0 Å². The molecule has 1 aromatic carbocycles. The van der Waals surface area contributed by atoms with Gasteiger partial charge in [-0.15, -0.1) is 0 Å². The summed E-state index contributed by atoms with van der Waals surface area (Å²) in [4.78, 5) is 21.6. The summed E-state index contributed by atoms with van der Waals surface area (Å²) in [6.07, 6.45) is 0.665. The number of carbonyl (C=O) groups excluding carboxylic acids is 2. The minimum Gasteiger partial charge on any atom is -0.392 e. The van der Waals surface area contributed by atoms with Crippen molar-refractivity contribution in [1.82, 2.24) is 0 Å². The number of carbonyl (C=O) groups is 2. The number of benzene rings is 1. The van der Waals surface area contributed by atoms with Gasteiger partial charge in [-0.3, -0.25) is 9.59 Å². The van der Waals surface area contributed by atoms with Crippen LogP contribution in [-0.2, 0) is 11.4 Å². The van der Waals surface area contributed by atoms with Gasteiger partial charge in [-0.05, 0) is 18.1 Å². The first-order chi connectivity index (χ1) is 7.11. The van der Waals surface area contributed by atoms with Gasteiger partial charge in [0.1, 0.15) is 5.78 Å². The second-order valence-electron chi connectivity index (χ2n) is 3.17. The van der Waals surface area contributed by atoms with Crippen LogP contribution in [0, 0.1) is 0 Å². The highest BCUT2D eigenvalue weighted by Crippen LogP contribution is 2.27. The van der Waals surface area contributed by atoms with E-state index in [1.165, 1.54) is 6.92 Å². The van der Waals surface area contributed by atoms with Gasteiger partial charge in [-0.2, -0.15) is 0 Å². The molecule has 0 heterocycles. The lowest BCUT2D eigenvalue weighted by Gasteiger charge is -2.11. The van der Waals surface area contributed by atoms with E-state index >= 15 is 0 Å². The average molecular weight is 271 g/mol. The third-order valence-corrected chi connectivity index (χ3v) is 3.29. The van der Waals surface area contributed by atoms with Crippen molar-refractivity contribution in [3.63, 3.8) is 0 Å². The zero-order chi connectivity index (χ0) is 11.4. The van der Waals surface area contributed by atoms with E-state index in [0.717, 1.165) is 0 Å². The molecule has 0 radical (unpaired) electrons. The van der Waals surface area contributed by atoms with Crippen LogP contribution in [0.2, 0.25) is 0 Å². The van der Waals surface area contributed by atoms with Crippen LogP contribution >= 0.6 is 15.9 Å². The predicted molar refractivity (Wildman–Crippen MR) is 60.1 cm³/mol. The van der Waals surface area contributed by atoms with E-state index in [-0.39, 0.29) is 12.4 Å². The molecule has 0 aliphatic heterocycles. The Morgan fingerprint density at radius 1 is 1.60 bits per heavy atom. The van der Waals surface area contributed by atoms with Gasteiger partial charge in [0, 0.05) is 5.56 Å². The Labute approximate surface area is 96.2 Å². The summed E-state index contributed by atoms with van der Waals surface area (Å²) in [5.41, 5.74) is 1.52. The molecule has 0 fully saturated rings. The zero-order valence-electron chi connectivity index (χ0n) is 8.24. The number of aliphatic hydroxyl groups excluding tert-OH is 1. The number of hydrogen-bond donors (Lipinski definition) is 1. The van der Waals surface area contributed by atoms with Crippen LogP contribution in [0.25, 0.3) is 0 Å². The molecule has 0 aromatic heterocycles. The van der Waals surface area contributed by atoms with Gasteiger partial charge in [0.15, 0.2) is 6.29 Å². The maximum absolute atomic E-state index is 11.2. The van der Waals surface area contributed by atoms with Gasteiger partial charge in [-0.1, -0.05) is 34.1 Å². The Hall–Kier alpha value is -1.00. The molecule has 0 saturated heterocycles. The lowest BCUT2D eigenvalue weighted by molar-refractivity contribution is -0.116. The molecule has 0 bridgehead atoms. The Balaban J connectivity index is 3.28. The monoisotopic (exact) mass is 270 g/mol. The van der Waals surface area contributed by atoms with E-state index in [1.54, 1.807) is 18.2 Å². The van der Waals surface area contributed by atoms with Crippen LogP contribution in [-0.4, -0.2) is 17.2 Å². The van der Waals surface area contributed by atoms with Crippen LogP contribution in [0.1, 0.15) is 33.2 Å². The smallest absolute Gasteiger partial charge is 0.150 e. The van der Waals surface area contributed by atoms with Crippen molar-refractivity contribution in [2.75, 3.05) is 0 Å². The number of alkyl halides is 1.